The molecule has 0 fully saturated rings. The average molecular weight is 286 g/mol. The Kier molecular flexibility index (Phi) is 4.90. The predicted octanol–water partition coefficient (Wildman–Crippen LogP) is 1.46. The molecule has 0 bridgehead atoms. The van der Waals surface area contributed by atoms with Crippen molar-refractivity contribution in [2.45, 2.75) is 19.6 Å². The molecular formula is C16H18N2O3. The van der Waals surface area contributed by atoms with Crippen LogP contribution in [-0.4, -0.2) is 16.7 Å². The molecule has 1 aromatic heterocycles. The van der Waals surface area contributed by atoms with Crippen molar-refractivity contribution in [2.24, 2.45) is 0 Å². The fraction of sp³-hybridized carbons (Fsp3) is 0.250. The van der Waals surface area contributed by atoms with Crippen LogP contribution in [0.25, 0.3) is 0 Å². The lowest BCUT2D eigenvalue weighted by atomic mass is 10.0. The second-order valence-corrected chi connectivity index (χ2v) is 4.69. The molecule has 2 rings (SSSR count). The molecule has 21 heavy (non-hydrogen) atoms. The van der Waals surface area contributed by atoms with E-state index in [9.17, 15) is 9.59 Å². The Hall–Kier alpha value is -2.40. The third-order valence-electron chi connectivity index (χ3n) is 3.23. The van der Waals surface area contributed by atoms with Crippen LogP contribution in [0.15, 0.2) is 52.6 Å². The number of benzene rings is 1. The molecule has 0 unspecified atom stereocenters. The molecule has 0 saturated heterocycles. The summed E-state index contributed by atoms with van der Waals surface area (Å²) in [6.07, 6.45) is 2.55. The van der Waals surface area contributed by atoms with E-state index in [1.807, 2.05) is 30.3 Å². The molecular weight excluding hydrogens is 268 g/mol. The van der Waals surface area contributed by atoms with E-state index in [2.05, 4.69) is 11.6 Å². The van der Waals surface area contributed by atoms with Crippen molar-refractivity contribution in [3.63, 3.8) is 0 Å². The lowest BCUT2D eigenvalue weighted by Crippen LogP contribution is -2.36. The minimum absolute atomic E-state index is 0.0991. The van der Waals surface area contributed by atoms with Gasteiger partial charge in [0.05, 0.1) is 0 Å². The standard InChI is InChI=1S/C16H18N2O3/c1-3-7-13-14(10-12-8-5-4-6-9-12)18(11-21-2)16(20)17-15(13)19/h3-6,8-9H,1,7,10-11H2,2H3,(H,17,19,20). The summed E-state index contributed by atoms with van der Waals surface area (Å²) < 4.78 is 6.53. The van der Waals surface area contributed by atoms with E-state index < -0.39 is 5.69 Å². The highest BCUT2D eigenvalue weighted by atomic mass is 16.5. The van der Waals surface area contributed by atoms with E-state index in [4.69, 9.17) is 4.74 Å². The Morgan fingerprint density at radius 1 is 1.29 bits per heavy atom. The summed E-state index contributed by atoms with van der Waals surface area (Å²) in [4.78, 5) is 26.4. The van der Waals surface area contributed by atoms with Gasteiger partial charge < -0.3 is 4.74 Å². The quantitative estimate of drug-likeness (QED) is 0.818. The first-order chi connectivity index (χ1) is 10.2. The van der Waals surface area contributed by atoms with Gasteiger partial charge in [-0.2, -0.15) is 0 Å². The number of rotatable bonds is 6. The van der Waals surface area contributed by atoms with E-state index in [1.54, 1.807) is 6.08 Å². The fourth-order valence-corrected chi connectivity index (χ4v) is 2.27. The Morgan fingerprint density at radius 2 is 2.00 bits per heavy atom. The summed E-state index contributed by atoms with van der Waals surface area (Å²) in [6.45, 7) is 3.77. The molecule has 5 nitrogen and oxygen atoms in total. The summed E-state index contributed by atoms with van der Waals surface area (Å²) in [6, 6.07) is 9.69. The number of H-pyrrole nitrogens is 1. The van der Waals surface area contributed by atoms with Gasteiger partial charge in [0, 0.05) is 24.8 Å². The van der Waals surface area contributed by atoms with Crippen molar-refractivity contribution in [1.82, 2.24) is 9.55 Å². The lowest BCUT2D eigenvalue weighted by molar-refractivity contribution is 0.124. The topological polar surface area (TPSA) is 64.1 Å². The largest absolute Gasteiger partial charge is 0.364 e. The number of hydrogen-bond acceptors (Lipinski definition) is 3. The normalized spacial score (nSPS) is 10.5. The van der Waals surface area contributed by atoms with Crippen molar-refractivity contribution in [3.8, 4) is 0 Å². The third kappa shape index (κ3) is 3.38. The minimum atomic E-state index is -0.458. The highest BCUT2D eigenvalue weighted by Gasteiger charge is 2.14. The number of nitrogens with zero attached hydrogens (tertiary/aromatic N) is 1. The van der Waals surface area contributed by atoms with Crippen molar-refractivity contribution in [3.05, 3.63) is 80.6 Å². The van der Waals surface area contributed by atoms with Gasteiger partial charge in [-0.3, -0.25) is 14.3 Å². The number of hydrogen-bond donors (Lipinski definition) is 1. The first-order valence-electron chi connectivity index (χ1n) is 6.66. The minimum Gasteiger partial charge on any atom is -0.364 e. The first-order valence-corrected chi connectivity index (χ1v) is 6.66. The number of aromatic amines is 1. The summed E-state index contributed by atoms with van der Waals surface area (Å²) in [5.74, 6) is 0. The fourth-order valence-electron chi connectivity index (χ4n) is 2.27. The van der Waals surface area contributed by atoms with Crippen molar-refractivity contribution < 1.29 is 4.74 Å². The van der Waals surface area contributed by atoms with Crippen LogP contribution in [0.2, 0.25) is 0 Å². The summed E-state index contributed by atoms with van der Waals surface area (Å²) in [5, 5.41) is 0. The van der Waals surface area contributed by atoms with Crippen LogP contribution in [0.3, 0.4) is 0 Å². The number of nitrogens with one attached hydrogen (secondary N) is 1. The molecule has 2 aromatic rings. The van der Waals surface area contributed by atoms with Crippen LogP contribution in [-0.2, 0) is 24.3 Å². The van der Waals surface area contributed by atoms with Crippen LogP contribution in [0.1, 0.15) is 16.8 Å². The second-order valence-electron chi connectivity index (χ2n) is 4.69. The van der Waals surface area contributed by atoms with Gasteiger partial charge in [-0.25, -0.2) is 4.79 Å². The molecule has 0 aliphatic heterocycles. The number of ether oxygens (including phenoxy) is 1. The van der Waals surface area contributed by atoms with Crippen molar-refractivity contribution >= 4 is 0 Å². The molecule has 0 aliphatic rings. The first kappa shape index (κ1) is 15.0. The van der Waals surface area contributed by atoms with Crippen molar-refractivity contribution in [1.29, 1.82) is 0 Å². The molecule has 0 spiro atoms. The Labute approximate surface area is 122 Å². The van der Waals surface area contributed by atoms with E-state index >= 15 is 0 Å². The van der Waals surface area contributed by atoms with Crippen LogP contribution in [0, 0.1) is 0 Å². The maximum Gasteiger partial charge on any atom is 0.330 e. The van der Waals surface area contributed by atoms with E-state index in [0.717, 1.165) is 5.56 Å². The molecule has 1 N–H and O–H groups in total. The van der Waals surface area contributed by atoms with Gasteiger partial charge in [-0.15, -0.1) is 6.58 Å². The molecule has 1 heterocycles. The van der Waals surface area contributed by atoms with Gasteiger partial charge in [-0.1, -0.05) is 36.4 Å². The molecule has 0 radical (unpaired) electrons. The maximum absolute atomic E-state index is 12.0. The van der Waals surface area contributed by atoms with Crippen LogP contribution < -0.4 is 11.2 Å². The average Bonchev–Trinajstić information content (AvgIpc) is 2.48. The number of methoxy groups -OCH3 is 1. The van der Waals surface area contributed by atoms with Gasteiger partial charge in [-0.05, 0) is 12.0 Å². The number of aromatic nitrogens is 2. The van der Waals surface area contributed by atoms with Crippen LogP contribution in [0.5, 0.6) is 0 Å². The molecule has 0 atom stereocenters. The highest BCUT2D eigenvalue weighted by Crippen LogP contribution is 2.11. The molecule has 5 heteroatoms. The molecule has 0 aliphatic carbocycles. The van der Waals surface area contributed by atoms with Gasteiger partial charge in [0.25, 0.3) is 5.56 Å². The van der Waals surface area contributed by atoms with E-state index in [-0.39, 0.29) is 12.3 Å². The monoisotopic (exact) mass is 286 g/mol. The van der Waals surface area contributed by atoms with Crippen LogP contribution >= 0.6 is 0 Å². The maximum atomic E-state index is 12.0. The van der Waals surface area contributed by atoms with Crippen LogP contribution in [0.4, 0.5) is 0 Å². The smallest absolute Gasteiger partial charge is 0.330 e. The zero-order chi connectivity index (χ0) is 15.2. The number of allylic oxidation sites excluding steroid dienone is 1. The van der Waals surface area contributed by atoms with Crippen molar-refractivity contribution in [2.75, 3.05) is 7.11 Å². The van der Waals surface area contributed by atoms with Gasteiger partial charge in [0.2, 0.25) is 0 Å². The SMILES string of the molecule is C=CCc1c(Cc2ccccc2)n(COC)c(=O)[nH]c1=O. The summed E-state index contributed by atoms with van der Waals surface area (Å²) >= 11 is 0. The molecule has 110 valence electrons. The second kappa shape index (κ2) is 6.85. The molecule has 1 aromatic carbocycles. The Balaban J connectivity index is 2.60. The van der Waals surface area contributed by atoms with E-state index in [0.29, 0.717) is 24.1 Å². The molecule has 0 amide bonds. The predicted molar refractivity (Wildman–Crippen MR) is 81.5 cm³/mol. The van der Waals surface area contributed by atoms with Gasteiger partial charge in [0.15, 0.2) is 0 Å². The summed E-state index contributed by atoms with van der Waals surface area (Å²) in [5.41, 5.74) is 1.42. The lowest BCUT2D eigenvalue weighted by Gasteiger charge is -2.15. The Morgan fingerprint density at radius 3 is 2.62 bits per heavy atom. The van der Waals surface area contributed by atoms with Gasteiger partial charge >= 0.3 is 5.69 Å². The summed E-state index contributed by atoms with van der Waals surface area (Å²) in [7, 11) is 1.51. The highest BCUT2D eigenvalue weighted by molar-refractivity contribution is 5.28. The van der Waals surface area contributed by atoms with Gasteiger partial charge in [0.1, 0.15) is 6.73 Å². The third-order valence-corrected chi connectivity index (χ3v) is 3.23. The zero-order valence-corrected chi connectivity index (χ0v) is 12.0. The molecule has 0 saturated carbocycles. The Bertz CT molecular complexity index is 729. The van der Waals surface area contributed by atoms with E-state index in [1.165, 1.54) is 11.7 Å². The zero-order valence-electron chi connectivity index (χ0n) is 12.0.